The maximum absolute atomic E-state index is 14.5. The normalized spacial score (nSPS) is 24.5. The number of rotatable bonds is 15. The quantitative estimate of drug-likeness (QED) is 0.155. The second-order valence-electron chi connectivity index (χ2n) is 15.0. The Morgan fingerprint density at radius 2 is 1.03 bits per heavy atom. The molecule has 2 saturated heterocycles. The third-order valence-corrected chi connectivity index (χ3v) is 9.81. The molecule has 23 heteroatoms. The summed E-state index contributed by atoms with van der Waals surface area (Å²) in [6, 6.07) is 7.93. The fraction of sp³-hybridized carbons (Fsp3) is 0.477. The molecule has 362 valence electrons. The van der Waals surface area contributed by atoms with Crippen molar-refractivity contribution in [3.63, 3.8) is 0 Å². The number of esters is 8. The number of carbonyl (C=O) groups excluding carboxylic acids is 8. The van der Waals surface area contributed by atoms with E-state index in [2.05, 4.69) is 0 Å². The van der Waals surface area contributed by atoms with Gasteiger partial charge in [-0.3, -0.25) is 43.2 Å². The van der Waals surface area contributed by atoms with E-state index in [9.17, 15) is 48.3 Å². The minimum atomic E-state index is -1.70. The van der Waals surface area contributed by atoms with E-state index in [0.29, 0.717) is 0 Å². The summed E-state index contributed by atoms with van der Waals surface area (Å²) in [5, 5.41) is 14.0. The van der Waals surface area contributed by atoms with E-state index in [-0.39, 0.29) is 29.8 Å². The van der Waals surface area contributed by atoms with Crippen molar-refractivity contribution < 1.29 is 106 Å². The summed E-state index contributed by atoms with van der Waals surface area (Å²) in [6.45, 7) is 7.47. The molecule has 2 fully saturated rings. The lowest BCUT2D eigenvalue weighted by Crippen LogP contribution is -2.63. The summed E-state index contributed by atoms with van der Waals surface area (Å²) in [6.07, 6.45) is -15.2. The average molecular weight is 945 g/mol. The van der Waals surface area contributed by atoms with E-state index in [1.54, 1.807) is 0 Å². The van der Waals surface area contributed by atoms with Crippen LogP contribution in [0.1, 0.15) is 68.5 Å². The largest absolute Gasteiger partial charge is 1.00 e. The fourth-order valence-corrected chi connectivity index (χ4v) is 7.44. The maximum atomic E-state index is 14.5. The molecule has 10 atom stereocenters. The highest BCUT2D eigenvalue weighted by Gasteiger charge is 2.55. The summed E-state index contributed by atoms with van der Waals surface area (Å²) >= 11 is 0. The summed E-state index contributed by atoms with van der Waals surface area (Å²) in [5.74, 6) is -7.94. The Morgan fingerprint density at radius 3 is 1.51 bits per heavy atom. The number of benzene rings is 2. The second-order valence-corrected chi connectivity index (χ2v) is 15.0. The molecule has 2 aliphatic heterocycles. The number of hydrogen-bond acceptors (Lipinski definition) is 23. The highest BCUT2D eigenvalue weighted by molar-refractivity contribution is 5.88. The molecule has 3 heterocycles. The number of methoxy groups -OCH3 is 1. The summed E-state index contributed by atoms with van der Waals surface area (Å²) in [7, 11) is 1.18. The van der Waals surface area contributed by atoms with Gasteiger partial charge in [0.2, 0.25) is 12.4 Å². The van der Waals surface area contributed by atoms with Gasteiger partial charge < -0.3 is 66.4 Å². The van der Waals surface area contributed by atoms with Crippen LogP contribution in [0.15, 0.2) is 45.6 Å². The molecule has 3 aromatic rings. The first-order chi connectivity index (χ1) is 31.6. The van der Waals surface area contributed by atoms with E-state index in [1.807, 2.05) is 0 Å². The van der Waals surface area contributed by atoms with Gasteiger partial charge in [0.15, 0.2) is 35.9 Å². The topological polar surface area (TPSA) is 301 Å². The lowest BCUT2D eigenvalue weighted by Gasteiger charge is -2.45. The summed E-state index contributed by atoms with van der Waals surface area (Å²) in [5.41, 5.74) is -1.25. The van der Waals surface area contributed by atoms with Crippen LogP contribution in [0.5, 0.6) is 17.2 Å². The molecule has 0 radical (unpaired) electrons. The molecule has 0 saturated carbocycles. The zero-order valence-corrected chi connectivity index (χ0v) is 37.5. The molecule has 0 bridgehead atoms. The molecular weight excluding hydrogens is 896 g/mol. The number of hydrogen-bond donors (Lipinski definition) is 0. The first kappa shape index (κ1) is 50.7. The number of carbonyl (C=O) groups is 8. The molecule has 1 aromatic heterocycles. The third kappa shape index (κ3) is 12.5. The van der Waals surface area contributed by atoms with Crippen LogP contribution in [0.2, 0.25) is 0 Å². The first-order valence-corrected chi connectivity index (χ1v) is 20.3. The molecule has 5 rings (SSSR count). The van der Waals surface area contributed by atoms with Crippen LogP contribution >= 0.6 is 0 Å². The zero-order chi connectivity index (χ0) is 49.4. The van der Waals surface area contributed by atoms with Gasteiger partial charge in [-0.05, 0) is 24.3 Å². The smallest absolute Gasteiger partial charge is 0.872 e. The average Bonchev–Trinajstić information content (AvgIpc) is 3.22. The van der Waals surface area contributed by atoms with Gasteiger partial charge in [-0.2, -0.15) is 0 Å². The Bertz CT molecular complexity index is 2450. The lowest BCUT2D eigenvalue weighted by molar-refractivity contribution is -0.288. The summed E-state index contributed by atoms with van der Waals surface area (Å²) < 4.78 is 72.9. The van der Waals surface area contributed by atoms with Gasteiger partial charge in [0, 0.05) is 78.6 Å². The monoisotopic (exact) mass is 944 g/mol. The van der Waals surface area contributed by atoms with Gasteiger partial charge in [0.1, 0.15) is 54.4 Å². The van der Waals surface area contributed by atoms with E-state index < -0.39 is 144 Å². The Morgan fingerprint density at radius 1 is 0.582 bits per heavy atom. The minimum absolute atomic E-state index is 0. The van der Waals surface area contributed by atoms with Gasteiger partial charge in [-0.25, -0.2) is 0 Å². The Hall–Kier alpha value is -7.27. The standard InChI is InChI=1S/C44H48O23/c1-18(45)56-16-32-37(58-20(3)47)40(60-22(5)49)42(62-24(7)51)39(66-32)35-30(55-9)15-31-34(36(35)54)28(53)14-29(65-31)26-10-12-27(13-11-26)64-44-43(63-25(8)52)41(61-23(6)50)38(59-21(4)48)33(67-44)17-57-19(2)46/h10-15,32-33,37-44,54H,16-17H2,1-9H3/t32-,33-,37-,38-,39+,40+,41+,42+,43-,44-/m1/s1. The molecule has 2 aromatic carbocycles. The van der Waals surface area contributed by atoms with Crippen molar-refractivity contribution in [2.24, 2.45) is 0 Å². The summed E-state index contributed by atoms with van der Waals surface area (Å²) in [4.78, 5) is 111. The highest BCUT2D eigenvalue weighted by atomic mass is 16.7. The van der Waals surface area contributed by atoms with Crippen LogP contribution in [-0.2, 0) is 85.7 Å². The minimum Gasteiger partial charge on any atom is -0.872 e. The van der Waals surface area contributed by atoms with Crippen LogP contribution in [0.4, 0.5) is 0 Å². The van der Waals surface area contributed by atoms with Crippen molar-refractivity contribution >= 4 is 58.7 Å². The molecule has 0 amide bonds. The molecule has 0 unspecified atom stereocenters. The predicted molar refractivity (Wildman–Crippen MR) is 219 cm³/mol. The molecular formula is C44H48O23. The molecule has 23 nitrogen and oxygen atoms in total. The lowest BCUT2D eigenvalue weighted by atomic mass is 9.88. The highest BCUT2D eigenvalue weighted by Crippen LogP contribution is 2.46. The van der Waals surface area contributed by atoms with Crippen molar-refractivity contribution in [2.75, 3.05) is 20.3 Å². The number of fused-ring (bicyclic) bond motifs is 1. The second kappa shape index (κ2) is 21.8. The van der Waals surface area contributed by atoms with Gasteiger partial charge >= 0.3 is 49.2 Å². The van der Waals surface area contributed by atoms with Crippen LogP contribution in [0.25, 0.3) is 22.3 Å². The van der Waals surface area contributed by atoms with Crippen molar-refractivity contribution in [1.29, 1.82) is 0 Å². The SMILES string of the molecule is COc1cc2oc(-c3ccc(O[C@@H]4O[C@H](COC(C)=O)[C@@H](OC(C)=O)[C@H](OC(C)=O)[C@H]4OC(C)=O)cc3)cc(=O)c2c([O-])c1[C@@H]1O[C@H](COC(C)=O)[C@@H](OC(C)=O)[C@H](OC(C)=O)[C@H]1OC(C)=O.[H+]. The van der Waals surface area contributed by atoms with E-state index in [1.165, 1.54) is 37.4 Å². The molecule has 2 aliphatic rings. The molecule has 0 aliphatic carbocycles. The Balaban J connectivity index is 0.0000101. The molecule has 0 N–H and O–H groups in total. The van der Waals surface area contributed by atoms with Crippen molar-refractivity contribution in [1.82, 2.24) is 0 Å². The van der Waals surface area contributed by atoms with Gasteiger partial charge in [0.05, 0.1) is 12.5 Å². The van der Waals surface area contributed by atoms with Crippen molar-refractivity contribution in [3.8, 4) is 28.6 Å². The van der Waals surface area contributed by atoms with Crippen LogP contribution in [-0.4, -0.2) is 123 Å². The van der Waals surface area contributed by atoms with Gasteiger partial charge in [0.25, 0.3) is 0 Å². The van der Waals surface area contributed by atoms with E-state index in [0.717, 1.165) is 61.5 Å². The zero-order valence-electron chi connectivity index (χ0n) is 38.5. The van der Waals surface area contributed by atoms with E-state index in [4.69, 9.17) is 61.3 Å². The van der Waals surface area contributed by atoms with E-state index >= 15 is 0 Å². The van der Waals surface area contributed by atoms with Crippen LogP contribution in [0.3, 0.4) is 0 Å². The van der Waals surface area contributed by atoms with Gasteiger partial charge in [-0.1, -0.05) is 5.75 Å². The van der Waals surface area contributed by atoms with Crippen LogP contribution < -0.4 is 20.0 Å². The first-order valence-electron chi connectivity index (χ1n) is 20.3. The Kier molecular flexibility index (Phi) is 16.5. The third-order valence-electron chi connectivity index (χ3n) is 9.81. The van der Waals surface area contributed by atoms with Crippen molar-refractivity contribution in [3.05, 3.63) is 52.2 Å². The van der Waals surface area contributed by atoms with Gasteiger partial charge in [-0.15, -0.1) is 0 Å². The maximum Gasteiger partial charge on any atom is 1.00 e. The van der Waals surface area contributed by atoms with Crippen molar-refractivity contribution in [2.45, 2.75) is 117 Å². The predicted octanol–water partition coefficient (Wildman–Crippen LogP) is 1.91. The Labute approximate surface area is 382 Å². The molecule has 67 heavy (non-hydrogen) atoms. The fourth-order valence-electron chi connectivity index (χ4n) is 7.44. The number of ether oxygens (including phenoxy) is 12. The van der Waals surface area contributed by atoms with Crippen LogP contribution in [0, 0.1) is 0 Å². The molecule has 0 spiro atoms.